The van der Waals surface area contributed by atoms with Gasteiger partial charge in [-0.25, -0.2) is 0 Å². The first-order valence-electron chi connectivity index (χ1n) is 5.99. The Labute approximate surface area is 90.8 Å². The van der Waals surface area contributed by atoms with Gasteiger partial charge in [0.15, 0.2) is 0 Å². The van der Waals surface area contributed by atoms with Gasteiger partial charge in [-0.15, -0.1) is 0 Å². The van der Waals surface area contributed by atoms with Gasteiger partial charge in [-0.2, -0.15) is 0 Å². The molecule has 1 heterocycles. The third kappa shape index (κ3) is 2.21. The molecule has 1 aliphatic carbocycles. The average molecular weight is 209 g/mol. The van der Waals surface area contributed by atoms with Gasteiger partial charge in [0, 0.05) is 19.0 Å². The molecular weight excluding hydrogens is 190 g/mol. The van der Waals surface area contributed by atoms with Gasteiger partial charge >= 0.3 is 0 Å². The molecule has 0 bridgehead atoms. The van der Waals surface area contributed by atoms with Crippen molar-refractivity contribution in [3.8, 4) is 0 Å². The molecule has 84 valence electrons. The van der Waals surface area contributed by atoms with Crippen molar-refractivity contribution in [3.05, 3.63) is 0 Å². The van der Waals surface area contributed by atoms with Crippen LogP contribution in [0.2, 0.25) is 0 Å². The van der Waals surface area contributed by atoms with E-state index >= 15 is 0 Å². The fourth-order valence-electron chi connectivity index (χ4n) is 2.85. The third-order valence-corrected chi connectivity index (χ3v) is 3.87. The number of hydrogen-bond donors (Lipinski definition) is 0. The van der Waals surface area contributed by atoms with Gasteiger partial charge in [-0.1, -0.05) is 12.8 Å². The van der Waals surface area contributed by atoms with Crippen molar-refractivity contribution in [3.63, 3.8) is 0 Å². The number of rotatable bonds is 2. The van der Waals surface area contributed by atoms with E-state index in [4.69, 9.17) is 0 Å². The van der Waals surface area contributed by atoms with Crippen molar-refractivity contribution in [2.24, 2.45) is 5.92 Å². The highest BCUT2D eigenvalue weighted by Gasteiger charge is 2.32. The Morgan fingerprint density at radius 2 is 1.93 bits per heavy atom. The molecule has 1 amide bonds. The maximum atomic E-state index is 11.7. The minimum Gasteiger partial charge on any atom is -0.339 e. The van der Waals surface area contributed by atoms with E-state index in [2.05, 4.69) is 6.92 Å². The summed E-state index contributed by atoms with van der Waals surface area (Å²) < 4.78 is 0. The highest BCUT2D eigenvalue weighted by Crippen LogP contribution is 2.31. The first-order chi connectivity index (χ1) is 7.18. The molecule has 15 heavy (non-hydrogen) atoms. The number of nitrogens with zero attached hydrogens (tertiary/aromatic N) is 1. The second kappa shape index (κ2) is 4.33. The molecule has 0 spiro atoms. The Morgan fingerprint density at radius 1 is 1.27 bits per heavy atom. The molecule has 1 saturated carbocycles. The Bertz CT molecular complexity index is 269. The fourth-order valence-corrected chi connectivity index (χ4v) is 2.85. The smallest absolute Gasteiger partial charge is 0.230 e. The van der Waals surface area contributed by atoms with E-state index in [-0.39, 0.29) is 18.1 Å². The van der Waals surface area contributed by atoms with E-state index in [1.54, 1.807) is 0 Å². The summed E-state index contributed by atoms with van der Waals surface area (Å²) in [4.78, 5) is 24.8. The van der Waals surface area contributed by atoms with Gasteiger partial charge in [-0.05, 0) is 25.7 Å². The molecule has 0 radical (unpaired) electrons. The zero-order valence-corrected chi connectivity index (χ0v) is 9.37. The molecule has 0 N–H and O–H groups in total. The lowest BCUT2D eigenvalue weighted by Crippen LogP contribution is -2.47. The maximum Gasteiger partial charge on any atom is 0.230 e. The SMILES string of the molecule is CC(C1CCCC1)N1CCC(=O)CC1=O. The topological polar surface area (TPSA) is 37.4 Å². The molecule has 1 unspecified atom stereocenters. The summed E-state index contributed by atoms with van der Waals surface area (Å²) >= 11 is 0. The molecule has 1 atom stereocenters. The second-order valence-corrected chi connectivity index (χ2v) is 4.84. The van der Waals surface area contributed by atoms with Crippen LogP contribution in [0.25, 0.3) is 0 Å². The van der Waals surface area contributed by atoms with Crippen LogP contribution in [-0.4, -0.2) is 29.2 Å². The average Bonchev–Trinajstić information content (AvgIpc) is 2.69. The molecule has 0 aromatic heterocycles. The van der Waals surface area contributed by atoms with Gasteiger partial charge in [0.2, 0.25) is 5.91 Å². The second-order valence-electron chi connectivity index (χ2n) is 4.84. The van der Waals surface area contributed by atoms with Crippen molar-refractivity contribution in [1.29, 1.82) is 0 Å². The summed E-state index contributed by atoms with van der Waals surface area (Å²) in [6.07, 6.45) is 5.80. The van der Waals surface area contributed by atoms with Crippen molar-refractivity contribution in [1.82, 2.24) is 4.90 Å². The van der Waals surface area contributed by atoms with E-state index in [0.717, 1.165) is 0 Å². The van der Waals surface area contributed by atoms with Crippen molar-refractivity contribution in [2.45, 2.75) is 51.5 Å². The number of carbonyl (C=O) groups is 2. The van der Waals surface area contributed by atoms with Crippen LogP contribution in [0.1, 0.15) is 45.4 Å². The van der Waals surface area contributed by atoms with Crippen LogP contribution in [-0.2, 0) is 9.59 Å². The van der Waals surface area contributed by atoms with E-state index in [1.165, 1.54) is 25.7 Å². The van der Waals surface area contributed by atoms with Crippen LogP contribution in [0, 0.1) is 5.92 Å². The van der Waals surface area contributed by atoms with E-state index < -0.39 is 0 Å². The summed E-state index contributed by atoms with van der Waals surface area (Å²) in [5.74, 6) is 0.822. The summed E-state index contributed by atoms with van der Waals surface area (Å²) in [7, 11) is 0. The van der Waals surface area contributed by atoms with Gasteiger partial charge < -0.3 is 4.90 Å². The Morgan fingerprint density at radius 3 is 2.53 bits per heavy atom. The quantitative estimate of drug-likeness (QED) is 0.650. The fraction of sp³-hybridized carbons (Fsp3) is 0.833. The Kier molecular flexibility index (Phi) is 3.08. The normalized spacial score (nSPS) is 26.1. The Balaban J connectivity index is 1.97. The van der Waals surface area contributed by atoms with E-state index in [9.17, 15) is 9.59 Å². The van der Waals surface area contributed by atoms with Gasteiger partial charge in [-0.3, -0.25) is 9.59 Å². The van der Waals surface area contributed by atoms with Crippen LogP contribution in [0.5, 0.6) is 0 Å². The highest BCUT2D eigenvalue weighted by molar-refractivity contribution is 6.00. The molecule has 1 aliphatic heterocycles. The molecule has 1 saturated heterocycles. The first-order valence-corrected chi connectivity index (χ1v) is 5.99. The van der Waals surface area contributed by atoms with Crippen molar-refractivity contribution < 1.29 is 9.59 Å². The number of ketones is 1. The zero-order chi connectivity index (χ0) is 10.8. The molecular formula is C12H19NO2. The molecule has 2 aliphatic rings. The molecule has 2 rings (SSSR count). The molecule has 2 fully saturated rings. The molecule has 0 aromatic rings. The summed E-state index contributed by atoms with van der Waals surface area (Å²) in [5, 5.41) is 0. The number of carbonyl (C=O) groups excluding carboxylic acids is 2. The largest absolute Gasteiger partial charge is 0.339 e. The predicted molar refractivity (Wildman–Crippen MR) is 57.4 cm³/mol. The predicted octanol–water partition coefficient (Wildman–Crippen LogP) is 1.76. The van der Waals surface area contributed by atoms with Crippen LogP contribution in [0.15, 0.2) is 0 Å². The van der Waals surface area contributed by atoms with Gasteiger partial charge in [0.1, 0.15) is 5.78 Å². The van der Waals surface area contributed by atoms with Crippen LogP contribution in [0.4, 0.5) is 0 Å². The number of piperidine rings is 1. The zero-order valence-electron chi connectivity index (χ0n) is 9.37. The van der Waals surface area contributed by atoms with Gasteiger partial charge in [0.25, 0.3) is 0 Å². The third-order valence-electron chi connectivity index (χ3n) is 3.87. The monoisotopic (exact) mass is 209 g/mol. The number of Topliss-reactive ketones (excluding diaryl/α,β-unsaturated/α-hetero) is 1. The minimum atomic E-state index is 0.0469. The maximum absolute atomic E-state index is 11.7. The highest BCUT2D eigenvalue weighted by atomic mass is 16.2. The summed E-state index contributed by atoms with van der Waals surface area (Å²) in [5.41, 5.74) is 0. The first kappa shape index (κ1) is 10.7. The van der Waals surface area contributed by atoms with Crippen molar-refractivity contribution in [2.75, 3.05) is 6.54 Å². The van der Waals surface area contributed by atoms with Crippen molar-refractivity contribution >= 4 is 11.7 Å². The summed E-state index contributed by atoms with van der Waals surface area (Å²) in [6.45, 7) is 2.79. The lowest BCUT2D eigenvalue weighted by Gasteiger charge is -2.35. The molecule has 0 aromatic carbocycles. The van der Waals surface area contributed by atoms with E-state index in [0.29, 0.717) is 24.9 Å². The number of likely N-dealkylation sites (tertiary alicyclic amines) is 1. The Hall–Kier alpha value is -0.860. The lowest BCUT2D eigenvalue weighted by atomic mass is 9.95. The summed E-state index contributed by atoms with van der Waals surface area (Å²) in [6, 6.07) is 0.341. The number of hydrogen-bond acceptors (Lipinski definition) is 2. The standard InChI is InChI=1S/C12H19NO2/c1-9(10-4-2-3-5-10)13-7-6-11(14)8-12(13)15/h9-10H,2-8H2,1H3. The van der Waals surface area contributed by atoms with Gasteiger partial charge in [0.05, 0.1) is 6.42 Å². The van der Waals surface area contributed by atoms with Crippen LogP contribution >= 0.6 is 0 Å². The van der Waals surface area contributed by atoms with Crippen LogP contribution < -0.4 is 0 Å². The number of amides is 1. The minimum absolute atomic E-state index is 0.0469. The molecule has 3 heteroatoms. The molecule has 3 nitrogen and oxygen atoms in total. The van der Waals surface area contributed by atoms with E-state index in [1.807, 2.05) is 4.90 Å². The van der Waals surface area contributed by atoms with Crippen LogP contribution in [0.3, 0.4) is 0 Å². The lowest BCUT2D eigenvalue weighted by molar-refractivity contribution is -0.142.